The molecule has 2 rings (SSSR count). The van der Waals surface area contributed by atoms with Crippen molar-refractivity contribution in [3.63, 3.8) is 0 Å². The lowest BCUT2D eigenvalue weighted by atomic mass is 10.1. The highest BCUT2D eigenvalue weighted by molar-refractivity contribution is 5.85. The van der Waals surface area contributed by atoms with Gasteiger partial charge in [-0.25, -0.2) is 0 Å². The summed E-state index contributed by atoms with van der Waals surface area (Å²) in [4.78, 5) is 22.4. The first kappa shape index (κ1) is 12.7. The summed E-state index contributed by atoms with van der Waals surface area (Å²) in [7, 11) is 1.79. The van der Waals surface area contributed by atoms with Crippen LogP contribution >= 0.6 is 0 Å². The predicted octanol–water partition coefficient (Wildman–Crippen LogP) is 0.743. The highest BCUT2D eigenvalue weighted by atomic mass is 16.2. The van der Waals surface area contributed by atoms with Crippen LogP contribution in [0.2, 0.25) is 0 Å². The fraction of sp³-hybridized carbons (Fsp3) is 0.462. The third-order valence-corrected chi connectivity index (χ3v) is 3.15. The molecule has 5 nitrogen and oxygen atoms in total. The van der Waals surface area contributed by atoms with Gasteiger partial charge in [-0.3, -0.25) is 14.8 Å². The SMILES string of the molecule is C=C1CCCN(Cc2cnccn2)C(=O)C1NC. The number of hydrogen-bond acceptors (Lipinski definition) is 4. The zero-order chi connectivity index (χ0) is 13.0. The minimum absolute atomic E-state index is 0.0747. The minimum atomic E-state index is -0.274. The quantitative estimate of drug-likeness (QED) is 0.799. The molecule has 1 fully saturated rings. The van der Waals surface area contributed by atoms with Gasteiger partial charge in [0.15, 0.2) is 0 Å². The van der Waals surface area contributed by atoms with Crippen molar-refractivity contribution >= 4 is 5.91 Å². The number of amides is 1. The van der Waals surface area contributed by atoms with E-state index in [4.69, 9.17) is 0 Å². The molecule has 0 radical (unpaired) electrons. The lowest BCUT2D eigenvalue weighted by Crippen LogP contribution is -2.44. The van der Waals surface area contributed by atoms with Gasteiger partial charge in [0.2, 0.25) is 5.91 Å². The Morgan fingerprint density at radius 2 is 2.39 bits per heavy atom. The first-order valence-corrected chi connectivity index (χ1v) is 6.11. The van der Waals surface area contributed by atoms with Crippen LogP contribution in [-0.4, -0.2) is 40.4 Å². The summed E-state index contributed by atoms with van der Waals surface area (Å²) in [6, 6.07) is -0.274. The molecule has 1 aliphatic rings. The van der Waals surface area contributed by atoms with E-state index in [9.17, 15) is 4.79 Å². The van der Waals surface area contributed by atoms with E-state index >= 15 is 0 Å². The maximum absolute atomic E-state index is 12.3. The molecule has 1 amide bonds. The molecule has 96 valence electrons. The molecular weight excluding hydrogens is 228 g/mol. The molecule has 1 aromatic heterocycles. The van der Waals surface area contributed by atoms with Crippen LogP contribution in [0.3, 0.4) is 0 Å². The van der Waals surface area contributed by atoms with Crippen molar-refractivity contribution in [2.24, 2.45) is 0 Å². The molecule has 18 heavy (non-hydrogen) atoms. The van der Waals surface area contributed by atoms with Gasteiger partial charge in [-0.1, -0.05) is 12.2 Å². The summed E-state index contributed by atoms with van der Waals surface area (Å²) in [6.07, 6.45) is 6.80. The van der Waals surface area contributed by atoms with E-state index in [2.05, 4.69) is 21.9 Å². The lowest BCUT2D eigenvalue weighted by molar-refractivity contribution is -0.132. The molecule has 0 aliphatic carbocycles. The van der Waals surface area contributed by atoms with Crippen molar-refractivity contribution in [3.8, 4) is 0 Å². The maximum Gasteiger partial charge on any atom is 0.244 e. The molecule has 1 aliphatic heterocycles. The number of likely N-dealkylation sites (tertiary alicyclic amines) is 1. The van der Waals surface area contributed by atoms with Crippen LogP contribution in [0.25, 0.3) is 0 Å². The van der Waals surface area contributed by atoms with E-state index < -0.39 is 0 Å². The van der Waals surface area contributed by atoms with Gasteiger partial charge in [0.1, 0.15) is 6.04 Å². The number of carbonyl (C=O) groups excluding carboxylic acids is 1. The molecule has 1 aromatic rings. The summed E-state index contributed by atoms with van der Waals surface area (Å²) in [5.74, 6) is 0.0747. The number of carbonyl (C=O) groups is 1. The van der Waals surface area contributed by atoms with Crippen molar-refractivity contribution in [2.45, 2.75) is 25.4 Å². The lowest BCUT2D eigenvalue weighted by Gasteiger charge is -2.24. The van der Waals surface area contributed by atoms with Crippen molar-refractivity contribution in [3.05, 3.63) is 36.4 Å². The van der Waals surface area contributed by atoms with Crippen molar-refractivity contribution < 1.29 is 4.79 Å². The van der Waals surface area contributed by atoms with Crippen LogP contribution in [-0.2, 0) is 11.3 Å². The Morgan fingerprint density at radius 1 is 1.56 bits per heavy atom. The van der Waals surface area contributed by atoms with Crippen LogP contribution in [0.15, 0.2) is 30.7 Å². The molecular formula is C13H18N4O. The van der Waals surface area contributed by atoms with E-state index in [0.717, 1.165) is 30.7 Å². The molecule has 1 N–H and O–H groups in total. The summed E-state index contributed by atoms with van der Waals surface area (Å²) in [6.45, 7) is 5.24. The van der Waals surface area contributed by atoms with Gasteiger partial charge in [0.25, 0.3) is 0 Å². The van der Waals surface area contributed by atoms with Gasteiger partial charge in [-0.15, -0.1) is 0 Å². The maximum atomic E-state index is 12.3. The second kappa shape index (κ2) is 5.73. The second-order valence-electron chi connectivity index (χ2n) is 4.44. The highest BCUT2D eigenvalue weighted by Crippen LogP contribution is 2.17. The zero-order valence-electron chi connectivity index (χ0n) is 10.6. The largest absolute Gasteiger partial charge is 0.335 e. The fourth-order valence-corrected chi connectivity index (χ4v) is 2.20. The molecule has 0 aromatic carbocycles. The van der Waals surface area contributed by atoms with Gasteiger partial charge >= 0.3 is 0 Å². The molecule has 5 heteroatoms. The number of likely N-dealkylation sites (N-methyl/N-ethyl adjacent to an activating group) is 1. The fourth-order valence-electron chi connectivity index (χ4n) is 2.20. The molecule has 2 heterocycles. The Balaban J connectivity index is 2.12. The Kier molecular flexibility index (Phi) is 4.04. The number of nitrogens with one attached hydrogen (secondary N) is 1. The Hall–Kier alpha value is -1.75. The average Bonchev–Trinajstić information content (AvgIpc) is 2.51. The van der Waals surface area contributed by atoms with Crippen LogP contribution in [0.1, 0.15) is 18.5 Å². The second-order valence-corrected chi connectivity index (χ2v) is 4.44. The van der Waals surface area contributed by atoms with Gasteiger partial charge in [0.05, 0.1) is 18.4 Å². The first-order chi connectivity index (χ1) is 8.72. The molecule has 0 bridgehead atoms. The normalized spacial score (nSPS) is 20.9. The van der Waals surface area contributed by atoms with Gasteiger partial charge < -0.3 is 10.2 Å². The molecule has 1 unspecified atom stereocenters. The van der Waals surface area contributed by atoms with E-state index in [1.807, 2.05) is 4.90 Å². The Labute approximate surface area is 107 Å². The number of hydrogen-bond donors (Lipinski definition) is 1. The van der Waals surface area contributed by atoms with Crippen LogP contribution < -0.4 is 5.32 Å². The van der Waals surface area contributed by atoms with E-state index in [1.54, 1.807) is 25.6 Å². The van der Waals surface area contributed by atoms with Crippen molar-refractivity contribution in [1.82, 2.24) is 20.2 Å². The van der Waals surface area contributed by atoms with Crippen LogP contribution in [0.5, 0.6) is 0 Å². The van der Waals surface area contributed by atoms with Crippen molar-refractivity contribution in [2.75, 3.05) is 13.6 Å². The Bertz CT molecular complexity index is 432. The molecule has 0 saturated carbocycles. The van der Waals surface area contributed by atoms with Gasteiger partial charge in [-0.05, 0) is 19.9 Å². The number of rotatable bonds is 3. The van der Waals surface area contributed by atoms with Crippen LogP contribution in [0.4, 0.5) is 0 Å². The van der Waals surface area contributed by atoms with E-state index in [1.165, 1.54) is 0 Å². The van der Waals surface area contributed by atoms with E-state index in [-0.39, 0.29) is 11.9 Å². The van der Waals surface area contributed by atoms with Gasteiger partial charge in [-0.2, -0.15) is 0 Å². The number of aromatic nitrogens is 2. The smallest absolute Gasteiger partial charge is 0.244 e. The van der Waals surface area contributed by atoms with E-state index in [0.29, 0.717) is 6.54 Å². The minimum Gasteiger partial charge on any atom is -0.335 e. The predicted molar refractivity (Wildman–Crippen MR) is 68.7 cm³/mol. The summed E-state index contributed by atoms with van der Waals surface area (Å²) in [5.41, 5.74) is 1.78. The monoisotopic (exact) mass is 246 g/mol. The Morgan fingerprint density at radius 3 is 3.06 bits per heavy atom. The average molecular weight is 246 g/mol. The third kappa shape index (κ3) is 2.73. The highest BCUT2D eigenvalue weighted by Gasteiger charge is 2.28. The number of nitrogens with zero attached hydrogens (tertiary/aromatic N) is 3. The van der Waals surface area contributed by atoms with Crippen molar-refractivity contribution in [1.29, 1.82) is 0 Å². The standard InChI is InChI=1S/C13H18N4O/c1-10-4-3-7-17(13(18)12(10)14-2)9-11-8-15-5-6-16-11/h5-6,8,12,14H,1,3-4,7,9H2,2H3. The molecule has 0 spiro atoms. The summed E-state index contributed by atoms with van der Waals surface area (Å²) in [5, 5.41) is 3.03. The van der Waals surface area contributed by atoms with Gasteiger partial charge in [0, 0.05) is 18.9 Å². The zero-order valence-corrected chi connectivity index (χ0v) is 10.6. The summed E-state index contributed by atoms with van der Waals surface area (Å²) < 4.78 is 0. The summed E-state index contributed by atoms with van der Waals surface area (Å²) >= 11 is 0. The van der Waals surface area contributed by atoms with Crippen LogP contribution in [0, 0.1) is 0 Å². The molecule has 1 saturated heterocycles. The third-order valence-electron chi connectivity index (χ3n) is 3.15. The topological polar surface area (TPSA) is 58.1 Å². The molecule has 1 atom stereocenters. The first-order valence-electron chi connectivity index (χ1n) is 6.11.